The summed E-state index contributed by atoms with van der Waals surface area (Å²) in [6, 6.07) is 0.386. The molecule has 0 radical (unpaired) electrons. The van der Waals surface area contributed by atoms with E-state index in [1.54, 1.807) is 11.8 Å². The maximum absolute atomic E-state index is 12.2. The van der Waals surface area contributed by atoms with Gasteiger partial charge in [-0.3, -0.25) is 4.79 Å². The third-order valence-corrected chi connectivity index (χ3v) is 6.26. The summed E-state index contributed by atoms with van der Waals surface area (Å²) in [6.07, 6.45) is 10.7. The van der Waals surface area contributed by atoms with E-state index >= 15 is 0 Å². The first-order chi connectivity index (χ1) is 12.8. The maximum Gasteiger partial charge on any atom is 0.221 e. The number of aromatic nitrogens is 3. The van der Waals surface area contributed by atoms with E-state index in [1.165, 1.54) is 19.3 Å². The molecule has 2 N–H and O–H groups in total. The number of thioether (sulfide) groups is 1. The second-order valence-corrected chi connectivity index (χ2v) is 8.33. The largest absolute Gasteiger partial charge is 0.353 e. The zero-order valence-corrected chi connectivity index (χ0v) is 16.4. The summed E-state index contributed by atoms with van der Waals surface area (Å²) in [5, 5.41) is 16.3. The van der Waals surface area contributed by atoms with Gasteiger partial charge in [0.1, 0.15) is 5.82 Å². The number of carbonyl (C=O) groups is 1. The molecule has 1 saturated heterocycles. The van der Waals surface area contributed by atoms with Crippen LogP contribution in [0.5, 0.6) is 0 Å². The number of hydrogen-bond donors (Lipinski definition) is 2. The lowest BCUT2D eigenvalue weighted by Gasteiger charge is -2.23. The molecule has 2 aliphatic rings. The van der Waals surface area contributed by atoms with E-state index in [4.69, 9.17) is 0 Å². The highest BCUT2D eigenvalue weighted by molar-refractivity contribution is 7.99. The monoisotopic (exact) mass is 377 g/mol. The van der Waals surface area contributed by atoms with Gasteiger partial charge in [0, 0.05) is 30.7 Å². The molecule has 1 aliphatic carbocycles. The van der Waals surface area contributed by atoms with Crippen molar-refractivity contribution in [3.8, 4) is 0 Å². The molecule has 7 heteroatoms. The van der Waals surface area contributed by atoms with E-state index in [1.807, 2.05) is 6.08 Å². The highest BCUT2D eigenvalue weighted by Gasteiger charge is 2.23. The summed E-state index contributed by atoms with van der Waals surface area (Å²) in [4.78, 5) is 12.2. The van der Waals surface area contributed by atoms with Crippen LogP contribution in [0.3, 0.4) is 0 Å². The summed E-state index contributed by atoms with van der Waals surface area (Å²) in [7, 11) is 0. The second-order valence-electron chi connectivity index (χ2n) is 7.27. The minimum absolute atomic E-state index is 0.165. The SMILES string of the molecule is C=CCn1c(SCCC(=O)NC2CCCCC2)nnc1C1CCNCC1. The van der Waals surface area contributed by atoms with Crippen LogP contribution in [0.4, 0.5) is 0 Å². The van der Waals surface area contributed by atoms with Crippen LogP contribution in [0, 0.1) is 0 Å². The number of hydrogen-bond acceptors (Lipinski definition) is 5. The minimum atomic E-state index is 0.165. The van der Waals surface area contributed by atoms with Crippen LogP contribution in [-0.2, 0) is 11.3 Å². The zero-order valence-electron chi connectivity index (χ0n) is 15.6. The summed E-state index contributed by atoms with van der Waals surface area (Å²) in [5.41, 5.74) is 0. The van der Waals surface area contributed by atoms with Crippen molar-refractivity contribution < 1.29 is 4.79 Å². The van der Waals surface area contributed by atoms with Crippen molar-refractivity contribution in [3.63, 3.8) is 0 Å². The van der Waals surface area contributed by atoms with Crippen LogP contribution >= 0.6 is 11.8 Å². The van der Waals surface area contributed by atoms with Gasteiger partial charge in [0.05, 0.1) is 0 Å². The summed E-state index contributed by atoms with van der Waals surface area (Å²) < 4.78 is 2.17. The first-order valence-corrected chi connectivity index (χ1v) is 10.9. The molecule has 26 heavy (non-hydrogen) atoms. The molecule has 1 amide bonds. The number of amides is 1. The van der Waals surface area contributed by atoms with Gasteiger partial charge in [-0.25, -0.2) is 0 Å². The van der Waals surface area contributed by atoms with Crippen molar-refractivity contribution in [2.24, 2.45) is 0 Å². The van der Waals surface area contributed by atoms with E-state index in [9.17, 15) is 4.79 Å². The molecule has 1 aromatic rings. The number of nitrogens with zero attached hydrogens (tertiary/aromatic N) is 3. The van der Waals surface area contributed by atoms with Crippen molar-refractivity contribution in [2.75, 3.05) is 18.8 Å². The summed E-state index contributed by atoms with van der Waals surface area (Å²) in [6.45, 7) is 6.67. The van der Waals surface area contributed by atoms with E-state index in [2.05, 4.69) is 32.0 Å². The van der Waals surface area contributed by atoms with Crippen molar-refractivity contribution in [2.45, 2.75) is 75.0 Å². The molecule has 1 saturated carbocycles. The molecule has 1 aromatic heterocycles. The molecule has 1 aliphatic heterocycles. The van der Waals surface area contributed by atoms with Gasteiger partial charge in [-0.05, 0) is 38.8 Å². The lowest BCUT2D eigenvalue weighted by molar-refractivity contribution is -0.121. The number of nitrogens with one attached hydrogen (secondary N) is 2. The molecule has 2 fully saturated rings. The Hall–Kier alpha value is -1.34. The smallest absolute Gasteiger partial charge is 0.221 e. The average molecular weight is 378 g/mol. The molecular weight excluding hydrogens is 346 g/mol. The van der Waals surface area contributed by atoms with Crippen LogP contribution in [0.25, 0.3) is 0 Å². The quantitative estimate of drug-likeness (QED) is 0.538. The van der Waals surface area contributed by atoms with Crippen LogP contribution in [0.15, 0.2) is 17.8 Å². The van der Waals surface area contributed by atoms with Crippen molar-refractivity contribution in [1.82, 2.24) is 25.4 Å². The standard InChI is InChI=1S/C19H31N5OS/c1-2-13-24-18(15-8-11-20-12-9-15)22-23-19(24)26-14-10-17(25)21-16-6-4-3-5-7-16/h2,15-16,20H,1,3-14H2,(H,21,25). The number of allylic oxidation sites excluding steroid dienone is 1. The first kappa shape index (κ1) is 19.4. The Bertz CT molecular complexity index is 591. The fourth-order valence-corrected chi connectivity index (χ4v) is 4.76. The molecule has 0 bridgehead atoms. The van der Waals surface area contributed by atoms with Gasteiger partial charge in [0.15, 0.2) is 5.16 Å². The summed E-state index contributed by atoms with van der Waals surface area (Å²) in [5.74, 6) is 2.44. The maximum atomic E-state index is 12.2. The predicted molar refractivity (Wildman–Crippen MR) is 105 cm³/mol. The van der Waals surface area contributed by atoms with E-state index in [-0.39, 0.29) is 5.91 Å². The molecular formula is C19H31N5OS. The Labute approximate surface area is 160 Å². The van der Waals surface area contributed by atoms with Gasteiger partial charge in [0.25, 0.3) is 0 Å². The number of rotatable bonds is 8. The van der Waals surface area contributed by atoms with E-state index < -0.39 is 0 Å². The van der Waals surface area contributed by atoms with E-state index in [0.29, 0.717) is 18.4 Å². The van der Waals surface area contributed by atoms with Crippen molar-refractivity contribution in [1.29, 1.82) is 0 Å². The first-order valence-electron chi connectivity index (χ1n) is 9.95. The van der Waals surface area contributed by atoms with Crippen LogP contribution in [-0.4, -0.2) is 45.6 Å². The topological polar surface area (TPSA) is 71.8 Å². The van der Waals surface area contributed by atoms with Crippen molar-refractivity contribution in [3.05, 3.63) is 18.5 Å². The Morgan fingerprint density at radius 1 is 1.23 bits per heavy atom. The Balaban J connectivity index is 1.51. The lowest BCUT2D eigenvalue weighted by atomic mass is 9.95. The number of piperidine rings is 1. The highest BCUT2D eigenvalue weighted by atomic mass is 32.2. The average Bonchev–Trinajstić information content (AvgIpc) is 3.06. The van der Waals surface area contributed by atoms with Crippen LogP contribution < -0.4 is 10.6 Å². The third-order valence-electron chi connectivity index (χ3n) is 5.29. The fraction of sp³-hybridized carbons (Fsp3) is 0.737. The van der Waals surface area contributed by atoms with Crippen molar-refractivity contribution >= 4 is 17.7 Å². The predicted octanol–water partition coefficient (Wildman–Crippen LogP) is 2.86. The Kier molecular flexibility index (Phi) is 7.55. The lowest BCUT2D eigenvalue weighted by Crippen LogP contribution is -2.36. The van der Waals surface area contributed by atoms with Gasteiger partial charge in [0.2, 0.25) is 5.91 Å². The Morgan fingerprint density at radius 2 is 2.00 bits per heavy atom. The normalized spacial score (nSPS) is 19.4. The van der Waals surface area contributed by atoms with Gasteiger partial charge in [-0.2, -0.15) is 0 Å². The molecule has 6 nitrogen and oxygen atoms in total. The fourth-order valence-electron chi connectivity index (χ4n) is 3.87. The van der Waals surface area contributed by atoms with Crippen LogP contribution in [0.2, 0.25) is 0 Å². The van der Waals surface area contributed by atoms with Gasteiger partial charge < -0.3 is 15.2 Å². The van der Waals surface area contributed by atoms with E-state index in [0.717, 1.165) is 62.1 Å². The third kappa shape index (κ3) is 5.33. The molecule has 144 valence electrons. The van der Waals surface area contributed by atoms with Gasteiger partial charge in [-0.1, -0.05) is 37.1 Å². The number of carbonyl (C=O) groups excluding carboxylic acids is 1. The molecule has 0 unspecified atom stereocenters. The highest BCUT2D eigenvalue weighted by Crippen LogP contribution is 2.27. The minimum Gasteiger partial charge on any atom is -0.353 e. The summed E-state index contributed by atoms with van der Waals surface area (Å²) >= 11 is 1.63. The van der Waals surface area contributed by atoms with Gasteiger partial charge >= 0.3 is 0 Å². The molecule has 0 atom stereocenters. The Morgan fingerprint density at radius 3 is 2.73 bits per heavy atom. The second kappa shape index (κ2) is 10.1. The zero-order chi connectivity index (χ0) is 18.2. The molecule has 0 spiro atoms. The molecule has 0 aromatic carbocycles. The molecule has 2 heterocycles. The molecule has 3 rings (SSSR count). The van der Waals surface area contributed by atoms with Gasteiger partial charge in [-0.15, -0.1) is 16.8 Å². The van der Waals surface area contributed by atoms with Crippen LogP contribution in [0.1, 0.15) is 63.1 Å².